The molecule has 0 unspecified atom stereocenters. The predicted octanol–water partition coefficient (Wildman–Crippen LogP) is 1.74. The molecule has 1 heterocycles. The Bertz CT molecular complexity index is 657. The predicted molar refractivity (Wildman–Crippen MR) is 88.0 cm³/mol. The maximum Gasteiger partial charge on any atom is 0.250 e. The summed E-state index contributed by atoms with van der Waals surface area (Å²) in [6, 6.07) is 11.0. The van der Waals surface area contributed by atoms with Gasteiger partial charge in [-0.15, -0.1) is 0 Å². The van der Waals surface area contributed by atoms with Crippen LogP contribution in [0.2, 0.25) is 0 Å². The van der Waals surface area contributed by atoms with E-state index in [1.807, 2.05) is 30.3 Å². The van der Waals surface area contributed by atoms with E-state index in [4.69, 9.17) is 9.47 Å². The third-order valence-electron chi connectivity index (χ3n) is 2.61. The van der Waals surface area contributed by atoms with E-state index in [1.165, 1.54) is 26.0 Å². The van der Waals surface area contributed by atoms with Crippen LogP contribution in [0.5, 0.6) is 11.8 Å². The molecular formula is C15H16N4O3S. The minimum atomic E-state index is -0.257. The van der Waals surface area contributed by atoms with Crippen molar-refractivity contribution in [3.8, 4) is 11.8 Å². The topological polar surface area (TPSA) is 85.7 Å². The van der Waals surface area contributed by atoms with Crippen LogP contribution in [0.1, 0.15) is 5.56 Å². The molecule has 2 rings (SSSR count). The van der Waals surface area contributed by atoms with Crippen molar-refractivity contribution in [2.45, 2.75) is 5.16 Å². The van der Waals surface area contributed by atoms with E-state index in [2.05, 4.69) is 20.5 Å². The molecule has 23 heavy (non-hydrogen) atoms. The average molecular weight is 332 g/mol. The fourth-order valence-corrected chi connectivity index (χ4v) is 2.17. The Morgan fingerprint density at radius 2 is 1.87 bits per heavy atom. The van der Waals surface area contributed by atoms with Crippen LogP contribution in [0.25, 0.3) is 0 Å². The minimum Gasteiger partial charge on any atom is -0.481 e. The SMILES string of the molecule is COc1cc(OC)nc(SCC(=O)N/N=C/c2ccccc2)n1. The van der Waals surface area contributed by atoms with Gasteiger partial charge in [0.1, 0.15) is 0 Å². The number of ether oxygens (including phenoxy) is 2. The first-order chi connectivity index (χ1) is 11.2. The monoisotopic (exact) mass is 332 g/mol. The number of thioether (sulfide) groups is 1. The van der Waals surface area contributed by atoms with Crippen molar-refractivity contribution < 1.29 is 14.3 Å². The second-order valence-electron chi connectivity index (χ2n) is 4.23. The molecule has 0 radical (unpaired) electrons. The maximum atomic E-state index is 11.8. The fourth-order valence-electron chi connectivity index (χ4n) is 1.54. The van der Waals surface area contributed by atoms with Crippen molar-refractivity contribution in [1.82, 2.24) is 15.4 Å². The highest BCUT2D eigenvalue weighted by atomic mass is 32.2. The Kier molecular flexibility index (Phi) is 6.37. The lowest BCUT2D eigenvalue weighted by Gasteiger charge is -2.05. The van der Waals surface area contributed by atoms with Gasteiger partial charge in [-0.25, -0.2) is 5.43 Å². The van der Waals surface area contributed by atoms with Crippen LogP contribution in [0.3, 0.4) is 0 Å². The van der Waals surface area contributed by atoms with Gasteiger partial charge in [-0.1, -0.05) is 42.1 Å². The number of aromatic nitrogens is 2. The molecule has 8 heteroatoms. The molecule has 2 aromatic rings. The Morgan fingerprint density at radius 1 is 1.22 bits per heavy atom. The van der Waals surface area contributed by atoms with Crippen molar-refractivity contribution in [3.05, 3.63) is 42.0 Å². The quantitative estimate of drug-likeness (QED) is 0.360. The van der Waals surface area contributed by atoms with Gasteiger partial charge in [0.15, 0.2) is 5.16 Å². The van der Waals surface area contributed by atoms with Crippen LogP contribution in [-0.4, -0.2) is 42.1 Å². The highest BCUT2D eigenvalue weighted by Crippen LogP contribution is 2.21. The number of methoxy groups -OCH3 is 2. The van der Waals surface area contributed by atoms with Gasteiger partial charge in [0.05, 0.1) is 32.3 Å². The summed E-state index contributed by atoms with van der Waals surface area (Å²) >= 11 is 1.17. The van der Waals surface area contributed by atoms with Crippen molar-refractivity contribution in [3.63, 3.8) is 0 Å². The smallest absolute Gasteiger partial charge is 0.250 e. The molecule has 0 aliphatic carbocycles. The van der Waals surface area contributed by atoms with Crippen LogP contribution in [0, 0.1) is 0 Å². The molecular weight excluding hydrogens is 316 g/mol. The molecule has 120 valence electrons. The van der Waals surface area contributed by atoms with Crippen LogP contribution in [0.15, 0.2) is 46.7 Å². The standard InChI is InChI=1S/C15H16N4O3S/c1-21-13-8-14(22-2)18-15(17-13)23-10-12(20)19-16-9-11-6-4-3-5-7-11/h3-9H,10H2,1-2H3,(H,19,20)/b16-9+. The van der Waals surface area contributed by atoms with Gasteiger partial charge < -0.3 is 9.47 Å². The lowest BCUT2D eigenvalue weighted by molar-refractivity contribution is -0.118. The summed E-state index contributed by atoms with van der Waals surface area (Å²) < 4.78 is 10.1. The molecule has 0 saturated heterocycles. The normalized spacial score (nSPS) is 10.5. The Balaban J connectivity index is 1.85. The van der Waals surface area contributed by atoms with Crippen LogP contribution in [0.4, 0.5) is 0 Å². The molecule has 0 fully saturated rings. The van der Waals surface area contributed by atoms with Gasteiger partial charge in [0, 0.05) is 0 Å². The molecule has 1 aromatic heterocycles. The molecule has 1 aromatic carbocycles. The first-order valence-electron chi connectivity index (χ1n) is 6.68. The number of carbonyl (C=O) groups is 1. The highest BCUT2D eigenvalue weighted by molar-refractivity contribution is 7.99. The first-order valence-corrected chi connectivity index (χ1v) is 7.66. The molecule has 0 aliphatic heterocycles. The first kappa shape index (κ1) is 16.8. The number of nitrogens with one attached hydrogen (secondary N) is 1. The number of benzene rings is 1. The second-order valence-corrected chi connectivity index (χ2v) is 5.17. The number of hydrogen-bond donors (Lipinski definition) is 1. The fraction of sp³-hybridized carbons (Fsp3) is 0.200. The zero-order valence-electron chi connectivity index (χ0n) is 12.7. The maximum absolute atomic E-state index is 11.8. The van der Waals surface area contributed by atoms with Crippen LogP contribution in [-0.2, 0) is 4.79 Å². The summed E-state index contributed by atoms with van der Waals surface area (Å²) in [6.45, 7) is 0. The second kappa shape index (κ2) is 8.74. The minimum absolute atomic E-state index is 0.127. The van der Waals surface area contributed by atoms with Gasteiger partial charge in [-0.2, -0.15) is 15.1 Å². The van der Waals surface area contributed by atoms with E-state index in [-0.39, 0.29) is 11.7 Å². The van der Waals surface area contributed by atoms with Crippen molar-refractivity contribution in [2.24, 2.45) is 5.10 Å². The number of rotatable bonds is 7. The number of nitrogens with zero attached hydrogens (tertiary/aromatic N) is 3. The number of amides is 1. The third-order valence-corrected chi connectivity index (χ3v) is 3.46. The third kappa shape index (κ3) is 5.59. The van der Waals surface area contributed by atoms with E-state index >= 15 is 0 Å². The molecule has 0 saturated carbocycles. The zero-order valence-corrected chi connectivity index (χ0v) is 13.5. The van der Waals surface area contributed by atoms with Gasteiger partial charge in [-0.3, -0.25) is 4.79 Å². The number of carbonyl (C=O) groups excluding carboxylic acids is 1. The Hall–Kier alpha value is -2.61. The molecule has 1 amide bonds. The van der Waals surface area contributed by atoms with Crippen LogP contribution < -0.4 is 14.9 Å². The molecule has 1 N–H and O–H groups in total. The van der Waals surface area contributed by atoms with Gasteiger partial charge in [-0.05, 0) is 5.56 Å². The lowest BCUT2D eigenvalue weighted by Crippen LogP contribution is -2.19. The van der Waals surface area contributed by atoms with Gasteiger partial charge in [0.2, 0.25) is 11.8 Å². The van der Waals surface area contributed by atoms with Crippen molar-refractivity contribution >= 4 is 23.9 Å². The summed E-state index contributed by atoms with van der Waals surface area (Å²) in [7, 11) is 3.00. The average Bonchev–Trinajstić information content (AvgIpc) is 2.60. The van der Waals surface area contributed by atoms with Crippen LogP contribution >= 0.6 is 11.8 Å². The van der Waals surface area contributed by atoms with Gasteiger partial charge in [0.25, 0.3) is 5.91 Å². The summed E-state index contributed by atoms with van der Waals surface area (Å²) in [5.41, 5.74) is 3.35. The lowest BCUT2D eigenvalue weighted by atomic mass is 10.2. The zero-order chi connectivity index (χ0) is 16.5. The number of hydrazone groups is 1. The summed E-state index contributed by atoms with van der Waals surface area (Å²) in [5, 5.41) is 4.29. The van der Waals surface area contributed by atoms with Gasteiger partial charge >= 0.3 is 0 Å². The van der Waals surface area contributed by atoms with E-state index < -0.39 is 0 Å². The van der Waals surface area contributed by atoms with E-state index in [9.17, 15) is 4.79 Å². The summed E-state index contributed by atoms with van der Waals surface area (Å²) in [4.78, 5) is 20.0. The van der Waals surface area contributed by atoms with Crippen molar-refractivity contribution in [2.75, 3.05) is 20.0 Å². The summed E-state index contributed by atoms with van der Waals surface area (Å²) in [5.74, 6) is 0.624. The highest BCUT2D eigenvalue weighted by Gasteiger charge is 2.08. The molecule has 0 spiro atoms. The number of hydrogen-bond acceptors (Lipinski definition) is 7. The molecule has 0 bridgehead atoms. The van der Waals surface area contributed by atoms with E-state index in [0.717, 1.165) is 5.56 Å². The van der Waals surface area contributed by atoms with Crippen molar-refractivity contribution in [1.29, 1.82) is 0 Å². The summed E-state index contributed by atoms with van der Waals surface area (Å²) in [6.07, 6.45) is 1.58. The van der Waals surface area contributed by atoms with E-state index in [1.54, 1.807) is 12.3 Å². The Labute approximate surface area is 138 Å². The Morgan fingerprint density at radius 3 is 2.48 bits per heavy atom. The van der Waals surface area contributed by atoms with E-state index in [0.29, 0.717) is 16.9 Å². The largest absolute Gasteiger partial charge is 0.481 e. The molecule has 7 nitrogen and oxygen atoms in total. The molecule has 0 aliphatic rings. The molecule has 0 atom stereocenters.